The van der Waals surface area contributed by atoms with Gasteiger partial charge in [-0.3, -0.25) is 0 Å². The van der Waals surface area contributed by atoms with Crippen LogP contribution in [0.25, 0.3) is 20.5 Å². The normalized spacial score (nSPS) is 10.2. The first kappa shape index (κ1) is 22.8. The van der Waals surface area contributed by atoms with Crippen molar-refractivity contribution in [3.8, 4) is 21.9 Å². The topological polar surface area (TPSA) is 86.7 Å². The summed E-state index contributed by atoms with van der Waals surface area (Å²) in [4.78, 5) is 23.3. The molecular formula is C28H19O5S-. The van der Waals surface area contributed by atoms with Gasteiger partial charge in [0.15, 0.2) is 0 Å². The number of thiophene rings is 1. The third-order valence-corrected chi connectivity index (χ3v) is 6.02. The van der Waals surface area contributed by atoms with Crippen molar-refractivity contribution in [2.24, 2.45) is 0 Å². The number of fused-ring (bicyclic) bond motifs is 1. The Bertz CT molecular complexity index is 1410. The number of aromatic carboxylic acids is 1. The van der Waals surface area contributed by atoms with Crippen LogP contribution in [0.2, 0.25) is 0 Å². The average Bonchev–Trinajstić information content (AvgIpc) is 3.29. The van der Waals surface area contributed by atoms with Gasteiger partial charge in [-0.05, 0) is 77.2 Å². The number of phenols is 1. The Kier molecular flexibility index (Phi) is 7.01. The number of carbonyl (C=O) groups is 2. The number of ether oxygens (including phenoxy) is 1. The molecule has 0 atom stereocenters. The fourth-order valence-corrected chi connectivity index (χ4v) is 4.27. The molecule has 5 aromatic rings. The van der Waals surface area contributed by atoms with Crippen LogP contribution in [0.5, 0.6) is 11.5 Å². The Morgan fingerprint density at radius 2 is 1.35 bits per heavy atom. The number of carbonyl (C=O) groups excluding carboxylic acids is 2. The first-order valence-corrected chi connectivity index (χ1v) is 11.2. The number of benzene rings is 4. The van der Waals surface area contributed by atoms with E-state index in [0.717, 1.165) is 20.5 Å². The summed E-state index contributed by atoms with van der Waals surface area (Å²) in [7, 11) is 0. The molecule has 0 fully saturated rings. The lowest BCUT2D eigenvalue weighted by Crippen LogP contribution is -2.21. The second kappa shape index (κ2) is 10.5. The van der Waals surface area contributed by atoms with Crippen LogP contribution in [0.3, 0.4) is 0 Å². The molecule has 5 rings (SSSR count). The minimum Gasteiger partial charge on any atom is -0.545 e. The van der Waals surface area contributed by atoms with Gasteiger partial charge in [0.1, 0.15) is 11.5 Å². The predicted molar refractivity (Wildman–Crippen MR) is 131 cm³/mol. The number of esters is 1. The quantitative estimate of drug-likeness (QED) is 0.277. The highest BCUT2D eigenvalue weighted by atomic mass is 32.1. The first-order chi connectivity index (χ1) is 16.5. The Balaban J connectivity index is 0.000000257. The Hall–Kier alpha value is -4.42. The van der Waals surface area contributed by atoms with E-state index in [0.29, 0.717) is 11.3 Å². The van der Waals surface area contributed by atoms with Gasteiger partial charge in [-0.15, -0.1) is 11.3 Å². The van der Waals surface area contributed by atoms with Gasteiger partial charge in [0, 0.05) is 9.58 Å². The van der Waals surface area contributed by atoms with E-state index in [4.69, 9.17) is 4.74 Å². The molecule has 4 aromatic carbocycles. The van der Waals surface area contributed by atoms with E-state index in [1.165, 1.54) is 12.1 Å². The zero-order valence-electron chi connectivity index (χ0n) is 17.9. The molecule has 0 aliphatic rings. The van der Waals surface area contributed by atoms with Gasteiger partial charge in [-0.1, -0.05) is 48.5 Å². The standard InChI is InChI=1S/C21H14O3S.C7H6O2/c22-17-9-6-16-12-19(25-20(16)13-17)14-7-10-18(11-8-14)24-21(23)15-4-2-1-3-5-15;8-7(9)6-4-2-1-3-5-6/h1-13,22H;1-5H,(H,8,9)/p-1. The summed E-state index contributed by atoms with van der Waals surface area (Å²) in [6, 6.07) is 31.9. The molecule has 0 saturated heterocycles. The van der Waals surface area contributed by atoms with Crippen LogP contribution in [0.4, 0.5) is 0 Å². The summed E-state index contributed by atoms with van der Waals surface area (Å²) in [5, 5.41) is 20.8. The molecule has 6 heteroatoms. The van der Waals surface area contributed by atoms with Crippen molar-refractivity contribution in [2.75, 3.05) is 0 Å². The number of hydrogen-bond donors (Lipinski definition) is 1. The van der Waals surface area contributed by atoms with Gasteiger partial charge in [-0.2, -0.15) is 0 Å². The molecule has 0 spiro atoms. The van der Waals surface area contributed by atoms with Gasteiger partial charge < -0.3 is 19.7 Å². The van der Waals surface area contributed by atoms with Gasteiger partial charge in [-0.25, -0.2) is 4.79 Å². The largest absolute Gasteiger partial charge is 0.545 e. The maximum absolute atomic E-state index is 12.1. The Morgan fingerprint density at radius 1 is 0.735 bits per heavy atom. The maximum atomic E-state index is 12.1. The Labute approximate surface area is 200 Å². The van der Waals surface area contributed by atoms with Crippen LogP contribution in [-0.2, 0) is 0 Å². The lowest BCUT2D eigenvalue weighted by molar-refractivity contribution is -0.255. The van der Waals surface area contributed by atoms with Crippen LogP contribution >= 0.6 is 11.3 Å². The van der Waals surface area contributed by atoms with Crippen molar-refractivity contribution in [3.05, 3.63) is 120 Å². The molecule has 34 heavy (non-hydrogen) atoms. The summed E-state index contributed by atoms with van der Waals surface area (Å²) in [6.07, 6.45) is 0. The average molecular weight is 468 g/mol. The minimum absolute atomic E-state index is 0.220. The molecule has 5 nitrogen and oxygen atoms in total. The summed E-state index contributed by atoms with van der Waals surface area (Å²) in [5.74, 6) is -0.721. The predicted octanol–water partition coefficient (Wildman–Crippen LogP) is 5.54. The molecule has 0 saturated carbocycles. The van der Waals surface area contributed by atoms with Crippen molar-refractivity contribution in [1.82, 2.24) is 0 Å². The molecule has 1 N–H and O–H groups in total. The monoisotopic (exact) mass is 467 g/mol. The lowest BCUT2D eigenvalue weighted by Gasteiger charge is -2.05. The number of aromatic hydroxyl groups is 1. The molecule has 0 unspecified atom stereocenters. The summed E-state index contributed by atoms with van der Waals surface area (Å²) in [6.45, 7) is 0. The first-order valence-electron chi connectivity index (χ1n) is 10.4. The van der Waals surface area contributed by atoms with E-state index in [2.05, 4.69) is 6.07 Å². The van der Waals surface area contributed by atoms with Gasteiger partial charge in [0.25, 0.3) is 0 Å². The highest BCUT2D eigenvalue weighted by molar-refractivity contribution is 7.22. The fourth-order valence-electron chi connectivity index (χ4n) is 3.16. The van der Waals surface area contributed by atoms with Crippen molar-refractivity contribution >= 4 is 33.4 Å². The van der Waals surface area contributed by atoms with Crippen molar-refractivity contribution in [2.45, 2.75) is 0 Å². The zero-order valence-corrected chi connectivity index (χ0v) is 18.7. The summed E-state index contributed by atoms with van der Waals surface area (Å²) in [5.41, 5.74) is 1.79. The Morgan fingerprint density at radius 3 is 1.94 bits per heavy atom. The number of hydrogen-bond acceptors (Lipinski definition) is 6. The summed E-state index contributed by atoms with van der Waals surface area (Å²) >= 11 is 1.61. The van der Waals surface area contributed by atoms with E-state index in [-0.39, 0.29) is 17.3 Å². The molecule has 0 amide bonds. The SMILES string of the molecule is O=C(Oc1ccc(-c2cc3ccc(O)cc3s2)cc1)c1ccccc1.O=C([O-])c1ccccc1. The zero-order chi connectivity index (χ0) is 23.9. The van der Waals surface area contributed by atoms with Crippen molar-refractivity contribution < 1.29 is 24.5 Å². The third-order valence-electron chi connectivity index (χ3n) is 4.87. The molecule has 0 aliphatic carbocycles. The minimum atomic E-state index is -1.13. The van der Waals surface area contributed by atoms with E-state index in [9.17, 15) is 19.8 Å². The molecule has 0 bridgehead atoms. The van der Waals surface area contributed by atoms with Crippen LogP contribution in [0.15, 0.2) is 109 Å². The van der Waals surface area contributed by atoms with E-state index in [1.54, 1.807) is 78.1 Å². The molecular weight excluding hydrogens is 448 g/mol. The van der Waals surface area contributed by atoms with E-state index < -0.39 is 5.97 Å². The number of rotatable bonds is 4. The van der Waals surface area contributed by atoms with Crippen molar-refractivity contribution in [3.63, 3.8) is 0 Å². The second-order valence-electron chi connectivity index (χ2n) is 7.27. The highest BCUT2D eigenvalue weighted by Crippen LogP contribution is 2.35. The summed E-state index contributed by atoms with van der Waals surface area (Å²) < 4.78 is 6.43. The number of phenolic OH excluding ortho intramolecular Hbond substituents is 1. The van der Waals surface area contributed by atoms with Crippen LogP contribution < -0.4 is 9.84 Å². The molecule has 1 heterocycles. The fraction of sp³-hybridized carbons (Fsp3) is 0. The smallest absolute Gasteiger partial charge is 0.343 e. The molecule has 168 valence electrons. The van der Waals surface area contributed by atoms with Gasteiger partial charge in [0.2, 0.25) is 0 Å². The van der Waals surface area contributed by atoms with Gasteiger partial charge in [0.05, 0.1) is 11.5 Å². The van der Waals surface area contributed by atoms with Crippen LogP contribution in [0.1, 0.15) is 20.7 Å². The third kappa shape index (κ3) is 5.68. The number of carboxylic acid groups (broad SMARTS) is 1. The second-order valence-corrected chi connectivity index (χ2v) is 8.35. The highest BCUT2D eigenvalue weighted by Gasteiger charge is 2.09. The lowest BCUT2D eigenvalue weighted by atomic mass is 10.1. The maximum Gasteiger partial charge on any atom is 0.343 e. The number of carboxylic acids is 1. The van der Waals surface area contributed by atoms with E-state index in [1.807, 2.05) is 24.3 Å². The van der Waals surface area contributed by atoms with Crippen LogP contribution in [-0.4, -0.2) is 17.0 Å². The van der Waals surface area contributed by atoms with Crippen LogP contribution in [0, 0.1) is 0 Å². The molecule has 0 radical (unpaired) electrons. The molecule has 0 aliphatic heterocycles. The van der Waals surface area contributed by atoms with Gasteiger partial charge >= 0.3 is 5.97 Å². The molecule has 1 aromatic heterocycles. The van der Waals surface area contributed by atoms with Crippen molar-refractivity contribution in [1.29, 1.82) is 0 Å². The van der Waals surface area contributed by atoms with E-state index >= 15 is 0 Å².